The Hall–Kier alpha value is -1.39. The Morgan fingerprint density at radius 2 is 2.35 bits per heavy atom. The molecule has 110 valence electrons. The number of carbonyl (C=O) groups is 1. The van der Waals surface area contributed by atoms with Gasteiger partial charge < -0.3 is 15.4 Å². The number of hydrogen-bond donors (Lipinski definition) is 2. The van der Waals surface area contributed by atoms with Crippen molar-refractivity contribution in [1.29, 1.82) is 0 Å². The first-order valence-electron chi connectivity index (χ1n) is 7.39. The van der Waals surface area contributed by atoms with E-state index in [1.54, 1.807) is 7.11 Å². The Kier molecular flexibility index (Phi) is 5.56. The van der Waals surface area contributed by atoms with E-state index in [2.05, 4.69) is 10.6 Å². The number of fused-ring (bicyclic) bond motifs is 1. The van der Waals surface area contributed by atoms with Gasteiger partial charge in [-0.3, -0.25) is 4.79 Å². The second-order valence-electron chi connectivity index (χ2n) is 5.17. The average molecular weight is 276 g/mol. The van der Waals surface area contributed by atoms with Crippen molar-refractivity contribution in [2.45, 2.75) is 32.2 Å². The summed E-state index contributed by atoms with van der Waals surface area (Å²) in [6, 6.07) is 5.89. The molecule has 0 amide bonds. The smallest absolute Gasteiger partial charge is 0.179 e. The summed E-state index contributed by atoms with van der Waals surface area (Å²) in [6.07, 6.45) is 2.74. The van der Waals surface area contributed by atoms with Gasteiger partial charge in [0.25, 0.3) is 0 Å². The van der Waals surface area contributed by atoms with E-state index in [0.717, 1.165) is 44.5 Å². The van der Waals surface area contributed by atoms with E-state index >= 15 is 0 Å². The highest BCUT2D eigenvalue weighted by Crippen LogP contribution is 2.23. The minimum atomic E-state index is -0.0979. The van der Waals surface area contributed by atoms with E-state index in [1.165, 1.54) is 11.3 Å². The fourth-order valence-electron chi connectivity index (χ4n) is 2.57. The van der Waals surface area contributed by atoms with Crippen molar-refractivity contribution in [3.8, 4) is 0 Å². The zero-order valence-corrected chi connectivity index (χ0v) is 12.4. The highest BCUT2D eigenvalue weighted by atomic mass is 16.5. The van der Waals surface area contributed by atoms with Crippen LogP contribution in [-0.4, -0.2) is 38.6 Å². The van der Waals surface area contributed by atoms with Gasteiger partial charge in [0.2, 0.25) is 0 Å². The van der Waals surface area contributed by atoms with Crippen LogP contribution in [0, 0.1) is 0 Å². The van der Waals surface area contributed by atoms with Crippen molar-refractivity contribution >= 4 is 11.5 Å². The Morgan fingerprint density at radius 3 is 3.10 bits per heavy atom. The number of hydrogen-bond acceptors (Lipinski definition) is 4. The maximum Gasteiger partial charge on any atom is 0.179 e. The number of benzene rings is 1. The maximum atomic E-state index is 12.5. The summed E-state index contributed by atoms with van der Waals surface area (Å²) in [5.74, 6) is 0.194. The minimum absolute atomic E-state index is 0.0979. The van der Waals surface area contributed by atoms with Crippen LogP contribution in [-0.2, 0) is 11.2 Å². The molecule has 0 radical (unpaired) electrons. The monoisotopic (exact) mass is 276 g/mol. The largest absolute Gasteiger partial charge is 0.385 e. The molecule has 0 fully saturated rings. The summed E-state index contributed by atoms with van der Waals surface area (Å²) >= 11 is 0. The first-order chi connectivity index (χ1) is 9.76. The summed E-state index contributed by atoms with van der Waals surface area (Å²) in [6.45, 7) is 4.55. The van der Waals surface area contributed by atoms with E-state index in [4.69, 9.17) is 4.74 Å². The fourth-order valence-corrected chi connectivity index (χ4v) is 2.57. The lowest BCUT2D eigenvalue weighted by molar-refractivity contribution is 0.0938. The second kappa shape index (κ2) is 7.41. The highest BCUT2D eigenvalue weighted by molar-refractivity contribution is 6.00. The zero-order chi connectivity index (χ0) is 14.4. The van der Waals surface area contributed by atoms with Gasteiger partial charge in [0.15, 0.2) is 5.78 Å². The molecule has 2 rings (SSSR count). The van der Waals surface area contributed by atoms with Gasteiger partial charge in [-0.2, -0.15) is 0 Å². The number of ether oxygens (including phenoxy) is 1. The number of Topliss-reactive ketones (excluding diaryl/α,β-unsaturated/α-hetero) is 1. The molecule has 0 saturated heterocycles. The number of nitrogens with one attached hydrogen (secondary N) is 2. The lowest BCUT2D eigenvalue weighted by Gasteiger charge is -2.16. The first kappa shape index (κ1) is 15.0. The highest BCUT2D eigenvalue weighted by Gasteiger charge is 2.19. The summed E-state index contributed by atoms with van der Waals surface area (Å²) in [5, 5.41) is 6.64. The van der Waals surface area contributed by atoms with Gasteiger partial charge >= 0.3 is 0 Å². The number of methoxy groups -OCH3 is 1. The molecule has 0 saturated carbocycles. The Balaban J connectivity index is 1.97. The van der Waals surface area contributed by atoms with Crippen LogP contribution in [0.5, 0.6) is 0 Å². The predicted octanol–water partition coefficient (Wildman–Crippen LogP) is 2.24. The molecule has 0 aliphatic carbocycles. The summed E-state index contributed by atoms with van der Waals surface area (Å²) < 4.78 is 5.02. The number of anilines is 1. The minimum Gasteiger partial charge on any atom is -0.385 e. The number of rotatable bonds is 8. The van der Waals surface area contributed by atoms with Crippen LogP contribution >= 0.6 is 0 Å². The SMILES string of the molecule is CCC(NCCCOC)C(=O)c1ccc2c(c1)CCN2. The number of ketones is 1. The Bertz CT molecular complexity index is 460. The standard InChI is InChI=1S/C16H24N2O2/c1-3-14(17-8-4-10-20-2)16(19)13-5-6-15-12(11-13)7-9-18-15/h5-6,11,14,17-18H,3-4,7-10H2,1-2H3. The molecule has 0 spiro atoms. The van der Waals surface area contributed by atoms with Crippen LogP contribution in [0.1, 0.15) is 35.7 Å². The van der Waals surface area contributed by atoms with Crippen molar-refractivity contribution in [1.82, 2.24) is 5.32 Å². The summed E-state index contributed by atoms with van der Waals surface area (Å²) in [7, 11) is 1.70. The van der Waals surface area contributed by atoms with Crippen LogP contribution < -0.4 is 10.6 Å². The second-order valence-corrected chi connectivity index (χ2v) is 5.17. The lowest BCUT2D eigenvalue weighted by Crippen LogP contribution is -2.37. The van der Waals surface area contributed by atoms with E-state index < -0.39 is 0 Å². The summed E-state index contributed by atoms with van der Waals surface area (Å²) in [5.41, 5.74) is 3.24. The molecule has 0 bridgehead atoms. The molecule has 1 aliphatic heterocycles. The van der Waals surface area contributed by atoms with Crippen LogP contribution in [0.4, 0.5) is 5.69 Å². The molecule has 1 atom stereocenters. The Labute approximate surface area is 120 Å². The van der Waals surface area contributed by atoms with Crippen LogP contribution in [0.25, 0.3) is 0 Å². The zero-order valence-electron chi connectivity index (χ0n) is 12.4. The molecular formula is C16H24N2O2. The molecule has 4 nitrogen and oxygen atoms in total. The fraction of sp³-hybridized carbons (Fsp3) is 0.562. The van der Waals surface area contributed by atoms with Gasteiger partial charge in [-0.25, -0.2) is 0 Å². The normalized spacial score (nSPS) is 14.7. The third-order valence-corrected chi connectivity index (χ3v) is 3.74. The molecular weight excluding hydrogens is 252 g/mol. The maximum absolute atomic E-state index is 12.5. The van der Waals surface area contributed by atoms with Crippen molar-refractivity contribution < 1.29 is 9.53 Å². The van der Waals surface area contributed by atoms with E-state index in [9.17, 15) is 4.79 Å². The van der Waals surface area contributed by atoms with Gasteiger partial charge in [0.1, 0.15) is 0 Å². The molecule has 4 heteroatoms. The van der Waals surface area contributed by atoms with Crippen molar-refractivity contribution in [3.05, 3.63) is 29.3 Å². The van der Waals surface area contributed by atoms with E-state index in [-0.39, 0.29) is 11.8 Å². The van der Waals surface area contributed by atoms with Gasteiger partial charge in [-0.1, -0.05) is 6.92 Å². The molecule has 1 heterocycles. The van der Waals surface area contributed by atoms with Gasteiger partial charge in [0.05, 0.1) is 6.04 Å². The van der Waals surface area contributed by atoms with E-state index in [1.807, 2.05) is 25.1 Å². The lowest BCUT2D eigenvalue weighted by atomic mass is 9.99. The molecule has 1 aromatic rings. The topological polar surface area (TPSA) is 50.4 Å². The van der Waals surface area contributed by atoms with Crippen molar-refractivity contribution in [2.75, 3.05) is 32.1 Å². The predicted molar refractivity (Wildman–Crippen MR) is 81.5 cm³/mol. The van der Waals surface area contributed by atoms with Crippen molar-refractivity contribution in [2.24, 2.45) is 0 Å². The Morgan fingerprint density at radius 1 is 1.50 bits per heavy atom. The molecule has 2 N–H and O–H groups in total. The molecule has 1 unspecified atom stereocenters. The molecule has 1 aromatic carbocycles. The van der Waals surface area contributed by atoms with Crippen LogP contribution in [0.15, 0.2) is 18.2 Å². The van der Waals surface area contributed by atoms with E-state index in [0.29, 0.717) is 0 Å². The number of carbonyl (C=O) groups excluding carboxylic acids is 1. The third-order valence-electron chi connectivity index (χ3n) is 3.74. The quantitative estimate of drug-likeness (QED) is 0.565. The van der Waals surface area contributed by atoms with Crippen LogP contribution in [0.2, 0.25) is 0 Å². The average Bonchev–Trinajstić information content (AvgIpc) is 2.94. The van der Waals surface area contributed by atoms with Crippen molar-refractivity contribution in [3.63, 3.8) is 0 Å². The van der Waals surface area contributed by atoms with Crippen LogP contribution in [0.3, 0.4) is 0 Å². The molecule has 1 aliphatic rings. The third kappa shape index (κ3) is 3.58. The van der Waals surface area contributed by atoms with Gasteiger partial charge in [-0.05, 0) is 49.6 Å². The van der Waals surface area contributed by atoms with Gasteiger partial charge in [0, 0.05) is 31.5 Å². The van der Waals surface area contributed by atoms with Gasteiger partial charge in [-0.15, -0.1) is 0 Å². The first-order valence-corrected chi connectivity index (χ1v) is 7.39. The molecule has 20 heavy (non-hydrogen) atoms. The summed E-state index contributed by atoms with van der Waals surface area (Å²) in [4.78, 5) is 12.5. The molecule has 0 aromatic heterocycles.